The Bertz CT molecular complexity index is 498. The second-order valence-electron chi connectivity index (χ2n) is 7.64. The third-order valence-electron chi connectivity index (χ3n) is 6.56. The van der Waals surface area contributed by atoms with Gasteiger partial charge >= 0.3 is 0 Å². The average Bonchev–Trinajstić information content (AvgIpc) is 3.15. The van der Waals surface area contributed by atoms with Gasteiger partial charge in [-0.2, -0.15) is 0 Å². The molecule has 1 aromatic carbocycles. The Labute approximate surface area is 128 Å². The van der Waals surface area contributed by atoms with Gasteiger partial charge in [0.15, 0.2) is 0 Å². The fraction of sp³-hybridized carbons (Fsp3) is 0.684. The Morgan fingerprint density at radius 3 is 2.81 bits per heavy atom. The van der Waals surface area contributed by atoms with Crippen molar-refractivity contribution in [2.45, 2.75) is 63.3 Å². The van der Waals surface area contributed by atoms with E-state index in [1.54, 1.807) is 11.1 Å². The van der Waals surface area contributed by atoms with E-state index in [9.17, 15) is 0 Å². The van der Waals surface area contributed by atoms with Gasteiger partial charge in [0.2, 0.25) is 0 Å². The first-order chi connectivity index (χ1) is 10.3. The SMILES string of the molecule is NNC(CC1CCCc2ccccc21)C1CC2CCC1C2. The molecule has 0 aromatic heterocycles. The van der Waals surface area contributed by atoms with E-state index in [1.165, 1.54) is 51.4 Å². The summed E-state index contributed by atoms with van der Waals surface area (Å²) in [5.41, 5.74) is 6.39. The highest BCUT2D eigenvalue weighted by Gasteiger charge is 2.43. The Morgan fingerprint density at radius 2 is 2.05 bits per heavy atom. The highest BCUT2D eigenvalue weighted by molar-refractivity contribution is 5.32. The van der Waals surface area contributed by atoms with Crippen LogP contribution < -0.4 is 11.3 Å². The molecule has 2 heteroatoms. The van der Waals surface area contributed by atoms with Gasteiger partial charge in [-0.05, 0) is 79.7 Å². The van der Waals surface area contributed by atoms with E-state index in [1.807, 2.05) is 0 Å². The van der Waals surface area contributed by atoms with Crippen molar-refractivity contribution in [2.75, 3.05) is 0 Å². The molecule has 3 aliphatic rings. The highest BCUT2D eigenvalue weighted by Crippen LogP contribution is 2.51. The van der Waals surface area contributed by atoms with Crippen LogP contribution in [0.2, 0.25) is 0 Å². The maximum Gasteiger partial charge on any atom is 0.0247 e. The molecular formula is C19H28N2. The zero-order valence-electron chi connectivity index (χ0n) is 12.9. The van der Waals surface area contributed by atoms with Crippen molar-refractivity contribution in [1.29, 1.82) is 0 Å². The van der Waals surface area contributed by atoms with Gasteiger partial charge in [-0.25, -0.2) is 0 Å². The minimum Gasteiger partial charge on any atom is -0.271 e. The standard InChI is InChI=1S/C19H28N2/c20-21-19(18-11-13-8-9-16(18)10-13)12-15-6-3-5-14-4-1-2-7-17(14)15/h1-2,4,7,13,15-16,18-19,21H,3,5-6,8-12,20H2. The third-order valence-corrected chi connectivity index (χ3v) is 6.56. The number of benzene rings is 1. The fourth-order valence-corrected chi connectivity index (χ4v) is 5.56. The second-order valence-corrected chi connectivity index (χ2v) is 7.64. The van der Waals surface area contributed by atoms with E-state index in [-0.39, 0.29) is 0 Å². The van der Waals surface area contributed by atoms with Crippen molar-refractivity contribution in [1.82, 2.24) is 5.43 Å². The van der Waals surface area contributed by atoms with E-state index < -0.39 is 0 Å². The van der Waals surface area contributed by atoms with Crippen LogP contribution in [0.1, 0.15) is 62.0 Å². The first kappa shape index (κ1) is 13.8. The molecule has 2 nitrogen and oxygen atoms in total. The van der Waals surface area contributed by atoms with Crippen LogP contribution in [0.5, 0.6) is 0 Å². The van der Waals surface area contributed by atoms with Crippen molar-refractivity contribution >= 4 is 0 Å². The molecule has 2 saturated carbocycles. The molecule has 21 heavy (non-hydrogen) atoms. The molecule has 0 heterocycles. The van der Waals surface area contributed by atoms with Gasteiger partial charge in [0.05, 0.1) is 0 Å². The number of aryl methyl sites for hydroxylation is 1. The van der Waals surface area contributed by atoms with Gasteiger partial charge < -0.3 is 0 Å². The van der Waals surface area contributed by atoms with Gasteiger partial charge in [0, 0.05) is 6.04 Å². The van der Waals surface area contributed by atoms with Crippen molar-refractivity contribution in [2.24, 2.45) is 23.6 Å². The summed E-state index contributed by atoms with van der Waals surface area (Å²) in [4.78, 5) is 0. The van der Waals surface area contributed by atoms with Crippen LogP contribution in [0, 0.1) is 17.8 Å². The molecule has 2 bridgehead atoms. The lowest BCUT2D eigenvalue weighted by molar-refractivity contribution is 0.227. The topological polar surface area (TPSA) is 38.0 Å². The van der Waals surface area contributed by atoms with Gasteiger partial charge in [0.25, 0.3) is 0 Å². The lowest BCUT2D eigenvalue weighted by Crippen LogP contribution is -2.44. The van der Waals surface area contributed by atoms with Crippen molar-refractivity contribution in [3.63, 3.8) is 0 Å². The number of rotatable bonds is 4. The van der Waals surface area contributed by atoms with E-state index in [0.717, 1.165) is 23.7 Å². The quantitative estimate of drug-likeness (QED) is 0.652. The number of nitrogens with one attached hydrogen (secondary N) is 1. The Kier molecular flexibility index (Phi) is 3.76. The van der Waals surface area contributed by atoms with Crippen LogP contribution in [0.15, 0.2) is 24.3 Å². The predicted molar refractivity (Wildman–Crippen MR) is 86.8 cm³/mol. The molecule has 1 aromatic rings. The molecule has 114 valence electrons. The van der Waals surface area contributed by atoms with Gasteiger partial charge in [-0.1, -0.05) is 30.7 Å². The molecule has 4 rings (SSSR count). The Hall–Kier alpha value is -0.860. The molecule has 0 saturated heterocycles. The van der Waals surface area contributed by atoms with Crippen LogP contribution in [0.4, 0.5) is 0 Å². The lowest BCUT2D eigenvalue weighted by Gasteiger charge is -2.34. The summed E-state index contributed by atoms with van der Waals surface area (Å²) < 4.78 is 0. The predicted octanol–water partition coefficient (Wildman–Crippen LogP) is 3.76. The number of nitrogens with two attached hydrogens (primary N) is 1. The van der Waals surface area contributed by atoms with E-state index in [2.05, 4.69) is 29.7 Å². The monoisotopic (exact) mass is 284 g/mol. The molecule has 0 aliphatic heterocycles. The Balaban J connectivity index is 1.50. The molecule has 3 N–H and O–H groups in total. The molecule has 2 fully saturated rings. The second kappa shape index (κ2) is 5.73. The number of hydrogen-bond donors (Lipinski definition) is 2. The first-order valence-corrected chi connectivity index (χ1v) is 8.89. The van der Waals surface area contributed by atoms with Crippen LogP contribution in [-0.4, -0.2) is 6.04 Å². The summed E-state index contributed by atoms with van der Waals surface area (Å²) in [6.07, 6.45) is 11.0. The summed E-state index contributed by atoms with van der Waals surface area (Å²) in [5, 5.41) is 0. The largest absolute Gasteiger partial charge is 0.271 e. The molecule has 5 atom stereocenters. The lowest BCUT2D eigenvalue weighted by atomic mass is 9.75. The summed E-state index contributed by atoms with van der Waals surface area (Å²) in [6.45, 7) is 0. The average molecular weight is 284 g/mol. The Morgan fingerprint density at radius 1 is 1.14 bits per heavy atom. The van der Waals surface area contributed by atoms with Gasteiger partial charge in [-0.3, -0.25) is 11.3 Å². The molecule has 0 radical (unpaired) electrons. The van der Waals surface area contributed by atoms with Crippen LogP contribution in [0.25, 0.3) is 0 Å². The van der Waals surface area contributed by atoms with Crippen molar-refractivity contribution < 1.29 is 0 Å². The maximum absolute atomic E-state index is 5.97. The normalized spacial score (nSPS) is 35.7. The summed E-state index contributed by atoms with van der Waals surface area (Å²) >= 11 is 0. The summed E-state index contributed by atoms with van der Waals surface area (Å²) in [6, 6.07) is 9.60. The molecular weight excluding hydrogens is 256 g/mol. The number of hydrazine groups is 1. The van der Waals surface area contributed by atoms with Gasteiger partial charge in [-0.15, -0.1) is 0 Å². The summed E-state index contributed by atoms with van der Waals surface area (Å²) in [7, 11) is 0. The highest BCUT2D eigenvalue weighted by atomic mass is 15.2. The third kappa shape index (κ3) is 2.53. The minimum atomic E-state index is 0.524. The number of hydrogen-bond acceptors (Lipinski definition) is 2. The summed E-state index contributed by atoms with van der Waals surface area (Å²) in [5.74, 6) is 9.49. The molecule has 3 aliphatic carbocycles. The minimum absolute atomic E-state index is 0.524. The van der Waals surface area contributed by atoms with Crippen LogP contribution in [-0.2, 0) is 6.42 Å². The van der Waals surface area contributed by atoms with Crippen molar-refractivity contribution in [3.8, 4) is 0 Å². The zero-order valence-corrected chi connectivity index (χ0v) is 12.9. The van der Waals surface area contributed by atoms with Crippen molar-refractivity contribution in [3.05, 3.63) is 35.4 Å². The molecule has 0 spiro atoms. The van der Waals surface area contributed by atoms with Crippen LogP contribution in [0.3, 0.4) is 0 Å². The smallest absolute Gasteiger partial charge is 0.0247 e. The molecule has 0 amide bonds. The van der Waals surface area contributed by atoms with Gasteiger partial charge in [0.1, 0.15) is 0 Å². The fourth-order valence-electron chi connectivity index (χ4n) is 5.56. The maximum atomic E-state index is 5.97. The van der Waals surface area contributed by atoms with Crippen LogP contribution >= 0.6 is 0 Å². The first-order valence-electron chi connectivity index (χ1n) is 8.89. The van der Waals surface area contributed by atoms with E-state index in [4.69, 9.17) is 5.84 Å². The molecule has 5 unspecified atom stereocenters. The number of fused-ring (bicyclic) bond motifs is 3. The van der Waals surface area contributed by atoms with E-state index >= 15 is 0 Å². The zero-order chi connectivity index (χ0) is 14.2. The van der Waals surface area contributed by atoms with E-state index in [0.29, 0.717) is 6.04 Å².